The number of amides is 1. The minimum atomic E-state index is -0.780. The van der Waals surface area contributed by atoms with Crippen molar-refractivity contribution in [2.24, 2.45) is 5.73 Å². The van der Waals surface area contributed by atoms with E-state index in [4.69, 9.17) is 5.73 Å². The summed E-state index contributed by atoms with van der Waals surface area (Å²) in [6.45, 7) is 5.32. The molecular weight excluding hydrogens is 283 g/mol. The molecule has 2 aromatic rings. The minimum absolute atomic E-state index is 0.124. The van der Waals surface area contributed by atoms with Gasteiger partial charge in [0.25, 0.3) is 5.91 Å². The quantitative estimate of drug-likeness (QED) is 0.910. The number of fused-ring (bicyclic) bond motifs is 1. The number of carbonyl (C=O) groups excluding carboxylic acids is 1. The van der Waals surface area contributed by atoms with Crippen LogP contribution in [0.15, 0.2) is 12.1 Å². The van der Waals surface area contributed by atoms with Crippen molar-refractivity contribution >= 4 is 16.9 Å². The summed E-state index contributed by atoms with van der Waals surface area (Å²) in [5.74, 6) is -0.285. The molecule has 1 aliphatic heterocycles. The van der Waals surface area contributed by atoms with E-state index in [0.29, 0.717) is 11.0 Å². The fraction of sp³-hybridized carbons (Fsp3) is 0.500. The Kier molecular flexibility index (Phi) is 4.11. The molecule has 3 rings (SSSR count). The van der Waals surface area contributed by atoms with Gasteiger partial charge in [-0.15, -0.1) is 0 Å². The standard InChI is InChI=1S/C16H21FN4O/c1-2-7-21-8-3-4-10(9-21)16-19-12-6-5-11(17)13(15(18)22)14(12)20-16/h5-6,10H,2-4,7-9H2,1H3,(H2,18,22)(H,19,20). The minimum Gasteiger partial charge on any atom is -0.365 e. The Hall–Kier alpha value is -1.95. The third-order valence-electron chi connectivity index (χ3n) is 4.30. The molecule has 2 heterocycles. The van der Waals surface area contributed by atoms with Crippen LogP contribution >= 0.6 is 0 Å². The number of nitrogens with two attached hydrogens (primary N) is 1. The molecule has 0 radical (unpaired) electrons. The molecule has 1 fully saturated rings. The van der Waals surface area contributed by atoms with Gasteiger partial charge in [-0.2, -0.15) is 0 Å². The molecule has 1 unspecified atom stereocenters. The third-order valence-corrected chi connectivity index (χ3v) is 4.30. The number of hydrogen-bond acceptors (Lipinski definition) is 3. The normalized spacial score (nSPS) is 19.6. The Bertz CT molecular complexity index is 695. The first-order chi connectivity index (χ1) is 10.6. The second kappa shape index (κ2) is 6.04. The van der Waals surface area contributed by atoms with Crippen molar-refractivity contribution in [1.29, 1.82) is 0 Å². The van der Waals surface area contributed by atoms with Crippen LogP contribution < -0.4 is 5.73 Å². The lowest BCUT2D eigenvalue weighted by molar-refractivity contribution is 0.0998. The molecule has 1 amide bonds. The van der Waals surface area contributed by atoms with E-state index in [2.05, 4.69) is 21.8 Å². The van der Waals surface area contributed by atoms with E-state index in [0.717, 1.165) is 44.7 Å². The van der Waals surface area contributed by atoms with E-state index in [-0.39, 0.29) is 11.5 Å². The number of likely N-dealkylation sites (tertiary alicyclic amines) is 1. The number of carbonyl (C=O) groups is 1. The maximum absolute atomic E-state index is 13.8. The summed E-state index contributed by atoms with van der Waals surface area (Å²) in [5.41, 5.74) is 6.17. The van der Waals surface area contributed by atoms with Gasteiger partial charge in [-0.05, 0) is 44.5 Å². The summed E-state index contributed by atoms with van der Waals surface area (Å²) in [6.07, 6.45) is 3.30. The molecule has 1 atom stereocenters. The van der Waals surface area contributed by atoms with Crippen LogP contribution in [0.2, 0.25) is 0 Å². The monoisotopic (exact) mass is 304 g/mol. The van der Waals surface area contributed by atoms with Crippen LogP contribution in [0.25, 0.3) is 11.0 Å². The van der Waals surface area contributed by atoms with Crippen molar-refractivity contribution in [2.75, 3.05) is 19.6 Å². The lowest BCUT2D eigenvalue weighted by Gasteiger charge is -2.31. The smallest absolute Gasteiger partial charge is 0.253 e. The average molecular weight is 304 g/mol. The number of halogens is 1. The summed E-state index contributed by atoms with van der Waals surface area (Å²) in [6, 6.07) is 2.87. The van der Waals surface area contributed by atoms with Crippen LogP contribution in [0.5, 0.6) is 0 Å². The van der Waals surface area contributed by atoms with Crippen molar-refractivity contribution in [1.82, 2.24) is 14.9 Å². The number of rotatable bonds is 4. The van der Waals surface area contributed by atoms with Gasteiger partial charge in [0.05, 0.1) is 5.52 Å². The molecular formula is C16H21FN4O. The molecule has 6 heteroatoms. The van der Waals surface area contributed by atoms with Crippen LogP contribution in [-0.2, 0) is 0 Å². The molecule has 0 spiro atoms. The summed E-state index contributed by atoms with van der Waals surface area (Å²) < 4.78 is 13.8. The fourth-order valence-electron chi connectivity index (χ4n) is 3.30. The van der Waals surface area contributed by atoms with E-state index in [1.54, 1.807) is 6.07 Å². The van der Waals surface area contributed by atoms with Crippen LogP contribution in [0.1, 0.15) is 48.3 Å². The van der Waals surface area contributed by atoms with Gasteiger partial charge in [-0.3, -0.25) is 4.79 Å². The second-order valence-electron chi connectivity index (χ2n) is 5.94. The molecule has 118 valence electrons. The zero-order valence-electron chi connectivity index (χ0n) is 12.7. The van der Waals surface area contributed by atoms with Crippen LogP contribution in [0.4, 0.5) is 4.39 Å². The second-order valence-corrected chi connectivity index (χ2v) is 5.94. The molecule has 1 aliphatic rings. The van der Waals surface area contributed by atoms with Gasteiger partial charge < -0.3 is 15.6 Å². The number of piperidine rings is 1. The van der Waals surface area contributed by atoms with Crippen molar-refractivity contribution in [3.63, 3.8) is 0 Å². The number of aromatic amines is 1. The first-order valence-corrected chi connectivity index (χ1v) is 7.80. The number of imidazole rings is 1. The number of benzene rings is 1. The number of primary amides is 1. The molecule has 0 aliphatic carbocycles. The molecule has 1 aromatic heterocycles. The van der Waals surface area contributed by atoms with Crippen molar-refractivity contribution in [3.8, 4) is 0 Å². The number of nitrogens with zero attached hydrogens (tertiary/aromatic N) is 2. The first kappa shape index (κ1) is 15.0. The van der Waals surface area contributed by atoms with Crippen LogP contribution in [0.3, 0.4) is 0 Å². The number of H-pyrrole nitrogens is 1. The van der Waals surface area contributed by atoms with Gasteiger partial charge >= 0.3 is 0 Å². The summed E-state index contributed by atoms with van der Waals surface area (Å²) in [4.78, 5) is 21.6. The molecule has 0 bridgehead atoms. The van der Waals surface area contributed by atoms with Gasteiger partial charge in [0.1, 0.15) is 22.7 Å². The third kappa shape index (κ3) is 2.70. The van der Waals surface area contributed by atoms with E-state index in [1.165, 1.54) is 6.07 Å². The largest absolute Gasteiger partial charge is 0.365 e. The SMILES string of the molecule is CCCN1CCCC(c2nc3c(C(N)=O)c(F)ccc3[nH]2)C1. The van der Waals surface area contributed by atoms with Gasteiger partial charge in [-0.25, -0.2) is 9.37 Å². The Balaban J connectivity index is 1.95. The van der Waals surface area contributed by atoms with Crippen molar-refractivity contribution in [2.45, 2.75) is 32.1 Å². The van der Waals surface area contributed by atoms with Crippen LogP contribution in [-0.4, -0.2) is 40.4 Å². The average Bonchev–Trinajstić information content (AvgIpc) is 2.91. The predicted molar refractivity (Wildman–Crippen MR) is 83.3 cm³/mol. The maximum atomic E-state index is 13.8. The molecule has 1 saturated heterocycles. The molecule has 5 nitrogen and oxygen atoms in total. The molecule has 3 N–H and O–H groups in total. The highest BCUT2D eigenvalue weighted by molar-refractivity contribution is 6.04. The van der Waals surface area contributed by atoms with Gasteiger partial charge in [0, 0.05) is 12.5 Å². The summed E-state index contributed by atoms with van der Waals surface area (Å²) in [5, 5.41) is 0. The molecule has 22 heavy (non-hydrogen) atoms. The zero-order valence-corrected chi connectivity index (χ0v) is 12.7. The maximum Gasteiger partial charge on any atom is 0.253 e. The first-order valence-electron chi connectivity index (χ1n) is 7.80. The van der Waals surface area contributed by atoms with Gasteiger partial charge in [0.15, 0.2) is 0 Å². The van der Waals surface area contributed by atoms with Crippen LogP contribution in [0, 0.1) is 5.82 Å². The molecule has 1 aromatic carbocycles. The van der Waals surface area contributed by atoms with Gasteiger partial charge in [0.2, 0.25) is 0 Å². The number of hydrogen-bond donors (Lipinski definition) is 2. The van der Waals surface area contributed by atoms with E-state index >= 15 is 0 Å². The Morgan fingerprint density at radius 2 is 2.36 bits per heavy atom. The van der Waals surface area contributed by atoms with E-state index < -0.39 is 11.7 Å². The van der Waals surface area contributed by atoms with Crippen molar-refractivity contribution in [3.05, 3.63) is 29.3 Å². The highest BCUT2D eigenvalue weighted by atomic mass is 19.1. The van der Waals surface area contributed by atoms with Crippen molar-refractivity contribution < 1.29 is 9.18 Å². The predicted octanol–water partition coefficient (Wildman–Crippen LogP) is 2.39. The van der Waals surface area contributed by atoms with E-state index in [1.807, 2.05) is 0 Å². The summed E-state index contributed by atoms with van der Waals surface area (Å²) >= 11 is 0. The number of nitrogens with one attached hydrogen (secondary N) is 1. The Labute approximate surface area is 128 Å². The van der Waals surface area contributed by atoms with Gasteiger partial charge in [-0.1, -0.05) is 6.92 Å². The zero-order chi connectivity index (χ0) is 15.7. The Morgan fingerprint density at radius 1 is 1.55 bits per heavy atom. The Morgan fingerprint density at radius 3 is 3.09 bits per heavy atom. The highest BCUT2D eigenvalue weighted by Crippen LogP contribution is 2.28. The topological polar surface area (TPSA) is 75.0 Å². The van der Waals surface area contributed by atoms with E-state index in [9.17, 15) is 9.18 Å². The lowest BCUT2D eigenvalue weighted by atomic mass is 9.97. The lowest BCUT2D eigenvalue weighted by Crippen LogP contribution is -2.35. The summed E-state index contributed by atoms with van der Waals surface area (Å²) in [7, 11) is 0. The highest BCUT2D eigenvalue weighted by Gasteiger charge is 2.25. The molecule has 0 saturated carbocycles. The number of aromatic nitrogens is 2. The fourth-order valence-corrected chi connectivity index (χ4v) is 3.30.